The van der Waals surface area contributed by atoms with Crippen molar-refractivity contribution in [3.8, 4) is 28.3 Å². The number of aromatic hydroxyl groups is 1. The molecule has 0 aliphatic carbocycles. The second kappa shape index (κ2) is 8.17. The van der Waals surface area contributed by atoms with Gasteiger partial charge >= 0.3 is 0 Å². The second-order valence-electron chi connectivity index (χ2n) is 6.06. The average Bonchev–Trinajstić information content (AvgIpc) is 2.66. The Morgan fingerprint density at radius 2 is 1.96 bits per heavy atom. The Balaban J connectivity index is 1.92. The maximum Gasteiger partial charge on any atom is 0.165 e. The molecule has 0 saturated carbocycles. The van der Waals surface area contributed by atoms with Crippen LogP contribution in [0.3, 0.4) is 0 Å². The molecule has 0 aliphatic heterocycles. The van der Waals surface area contributed by atoms with Gasteiger partial charge in [-0.05, 0) is 47.9 Å². The summed E-state index contributed by atoms with van der Waals surface area (Å²) < 4.78 is 0. The maximum atomic E-state index is 10.3. The third kappa shape index (κ3) is 4.31. The summed E-state index contributed by atoms with van der Waals surface area (Å²) in [5.41, 5.74) is 8.38. The number of phenols is 1. The largest absolute Gasteiger partial charge is 0.507 e. The Hall–Kier alpha value is -2.63. The van der Waals surface area contributed by atoms with Crippen LogP contribution in [0.5, 0.6) is 5.75 Å². The Labute approximate surface area is 157 Å². The predicted octanol–water partition coefficient (Wildman–Crippen LogP) is 4.32. The number of nitrogens with zero attached hydrogens (tertiary/aromatic N) is 2. The Morgan fingerprint density at radius 3 is 2.73 bits per heavy atom. The van der Waals surface area contributed by atoms with Crippen molar-refractivity contribution >= 4 is 17.4 Å². The quantitative estimate of drug-likeness (QED) is 0.603. The van der Waals surface area contributed by atoms with Gasteiger partial charge in [0, 0.05) is 23.8 Å². The van der Waals surface area contributed by atoms with Gasteiger partial charge in [-0.2, -0.15) is 0 Å². The van der Waals surface area contributed by atoms with Crippen LogP contribution < -0.4 is 11.1 Å². The molecule has 0 spiro atoms. The number of halogens is 1. The minimum absolute atomic E-state index is 0.0629. The summed E-state index contributed by atoms with van der Waals surface area (Å²) in [6.45, 7) is 2.67. The predicted molar refractivity (Wildman–Crippen MR) is 106 cm³/mol. The molecule has 0 bridgehead atoms. The highest BCUT2D eigenvalue weighted by atomic mass is 35.5. The van der Waals surface area contributed by atoms with Crippen molar-refractivity contribution in [2.24, 2.45) is 5.73 Å². The molecule has 134 valence electrons. The minimum atomic E-state index is 0.0629. The number of rotatable bonds is 6. The van der Waals surface area contributed by atoms with E-state index < -0.39 is 0 Å². The van der Waals surface area contributed by atoms with Crippen LogP contribution >= 0.6 is 11.6 Å². The Kier molecular flexibility index (Phi) is 5.71. The summed E-state index contributed by atoms with van der Waals surface area (Å²) >= 11 is 6.08. The molecule has 3 rings (SSSR count). The third-order valence-corrected chi connectivity index (χ3v) is 4.36. The molecular weight excluding hydrogens is 348 g/mol. The number of nitrogens with two attached hydrogens (primary N) is 1. The summed E-state index contributed by atoms with van der Waals surface area (Å²) in [6.07, 6.45) is 2.54. The van der Waals surface area contributed by atoms with Gasteiger partial charge in [0.1, 0.15) is 11.6 Å². The molecule has 1 unspecified atom stereocenters. The first-order valence-corrected chi connectivity index (χ1v) is 8.86. The van der Waals surface area contributed by atoms with E-state index in [1.54, 1.807) is 18.3 Å². The van der Waals surface area contributed by atoms with Crippen molar-refractivity contribution in [2.75, 3.05) is 11.9 Å². The zero-order chi connectivity index (χ0) is 18.5. The lowest BCUT2D eigenvalue weighted by Gasteiger charge is -2.12. The van der Waals surface area contributed by atoms with Gasteiger partial charge in [-0.1, -0.05) is 36.7 Å². The molecule has 1 atom stereocenters. The lowest BCUT2D eigenvalue weighted by atomic mass is 10.0. The van der Waals surface area contributed by atoms with Crippen LogP contribution in [0.1, 0.15) is 13.3 Å². The number of benzene rings is 2. The van der Waals surface area contributed by atoms with Gasteiger partial charge in [0.15, 0.2) is 5.82 Å². The summed E-state index contributed by atoms with van der Waals surface area (Å²) in [4.78, 5) is 8.80. The Morgan fingerprint density at radius 1 is 1.15 bits per heavy atom. The molecule has 2 aromatic carbocycles. The van der Waals surface area contributed by atoms with E-state index in [0.717, 1.165) is 17.5 Å². The van der Waals surface area contributed by atoms with E-state index in [2.05, 4.69) is 15.3 Å². The zero-order valence-corrected chi connectivity index (χ0v) is 15.2. The highest BCUT2D eigenvalue weighted by Crippen LogP contribution is 2.32. The monoisotopic (exact) mass is 368 g/mol. The molecule has 1 aromatic heterocycles. The maximum absolute atomic E-state index is 10.3. The fourth-order valence-electron chi connectivity index (χ4n) is 2.53. The molecule has 3 aromatic rings. The molecule has 0 fully saturated rings. The van der Waals surface area contributed by atoms with Crippen LogP contribution in [0, 0.1) is 0 Å². The van der Waals surface area contributed by atoms with Crippen LogP contribution in [0.2, 0.25) is 5.02 Å². The van der Waals surface area contributed by atoms with E-state index >= 15 is 0 Å². The molecular formula is C20H21ClN4O. The SMILES string of the molecule is CCC(N)CNc1ccnc(-c2cc(-c3cccc(Cl)c3)ccc2O)n1. The van der Waals surface area contributed by atoms with Crippen molar-refractivity contribution in [2.45, 2.75) is 19.4 Å². The third-order valence-electron chi connectivity index (χ3n) is 4.12. The smallest absolute Gasteiger partial charge is 0.165 e. The second-order valence-corrected chi connectivity index (χ2v) is 6.49. The fourth-order valence-corrected chi connectivity index (χ4v) is 2.72. The van der Waals surface area contributed by atoms with Crippen LogP contribution in [-0.4, -0.2) is 27.7 Å². The highest BCUT2D eigenvalue weighted by Gasteiger charge is 2.11. The molecule has 0 radical (unpaired) electrons. The lowest BCUT2D eigenvalue weighted by Crippen LogP contribution is -2.28. The molecule has 26 heavy (non-hydrogen) atoms. The first-order chi connectivity index (χ1) is 12.6. The van der Waals surface area contributed by atoms with Crippen LogP contribution in [0.15, 0.2) is 54.7 Å². The van der Waals surface area contributed by atoms with Crippen LogP contribution in [-0.2, 0) is 0 Å². The van der Waals surface area contributed by atoms with E-state index in [9.17, 15) is 5.11 Å². The van der Waals surface area contributed by atoms with E-state index in [-0.39, 0.29) is 11.8 Å². The molecule has 0 saturated heterocycles. The lowest BCUT2D eigenvalue weighted by molar-refractivity contribution is 0.477. The first kappa shape index (κ1) is 18.2. The summed E-state index contributed by atoms with van der Waals surface area (Å²) in [5, 5.41) is 14.2. The van der Waals surface area contributed by atoms with Gasteiger partial charge in [0.05, 0.1) is 5.56 Å². The summed E-state index contributed by atoms with van der Waals surface area (Å²) in [6, 6.07) is 14.7. The minimum Gasteiger partial charge on any atom is -0.507 e. The van der Waals surface area contributed by atoms with Gasteiger partial charge in [-0.25, -0.2) is 9.97 Å². The number of aromatic nitrogens is 2. The number of nitrogens with one attached hydrogen (secondary N) is 1. The van der Waals surface area contributed by atoms with Crippen molar-refractivity contribution in [3.63, 3.8) is 0 Å². The van der Waals surface area contributed by atoms with Crippen LogP contribution in [0.25, 0.3) is 22.5 Å². The van der Waals surface area contributed by atoms with Crippen molar-refractivity contribution < 1.29 is 5.11 Å². The molecule has 0 aliphatic rings. The topological polar surface area (TPSA) is 84.1 Å². The normalized spacial score (nSPS) is 12.0. The average molecular weight is 369 g/mol. The molecule has 1 heterocycles. The fraction of sp³-hybridized carbons (Fsp3) is 0.200. The van der Waals surface area contributed by atoms with Crippen molar-refractivity contribution in [1.29, 1.82) is 0 Å². The highest BCUT2D eigenvalue weighted by molar-refractivity contribution is 6.30. The molecule has 0 amide bonds. The van der Waals surface area contributed by atoms with E-state index in [4.69, 9.17) is 17.3 Å². The summed E-state index contributed by atoms with van der Waals surface area (Å²) in [7, 11) is 0. The van der Waals surface area contributed by atoms with Gasteiger partial charge in [0.2, 0.25) is 0 Å². The van der Waals surface area contributed by atoms with Crippen LogP contribution in [0.4, 0.5) is 5.82 Å². The molecule has 5 nitrogen and oxygen atoms in total. The van der Waals surface area contributed by atoms with Gasteiger partial charge < -0.3 is 16.2 Å². The Bertz CT molecular complexity index is 900. The van der Waals surface area contributed by atoms with Gasteiger partial charge in [-0.15, -0.1) is 0 Å². The number of phenolic OH excluding ortho intramolecular Hbond substituents is 1. The standard InChI is InChI=1S/C20H21ClN4O/c1-2-16(22)12-24-19-8-9-23-20(25-19)17-11-14(6-7-18(17)26)13-4-3-5-15(21)10-13/h3-11,16,26H,2,12,22H2,1H3,(H,23,24,25). The first-order valence-electron chi connectivity index (χ1n) is 8.48. The van der Waals surface area contributed by atoms with E-state index in [0.29, 0.717) is 28.8 Å². The van der Waals surface area contributed by atoms with Gasteiger partial charge in [-0.3, -0.25) is 0 Å². The number of hydrogen-bond donors (Lipinski definition) is 3. The van der Waals surface area contributed by atoms with E-state index in [1.165, 1.54) is 0 Å². The van der Waals surface area contributed by atoms with Crippen molar-refractivity contribution in [3.05, 3.63) is 59.8 Å². The summed E-state index contributed by atoms with van der Waals surface area (Å²) in [5.74, 6) is 1.24. The van der Waals surface area contributed by atoms with Crippen molar-refractivity contribution in [1.82, 2.24) is 9.97 Å². The number of anilines is 1. The van der Waals surface area contributed by atoms with E-state index in [1.807, 2.05) is 43.3 Å². The molecule has 4 N–H and O–H groups in total. The zero-order valence-electron chi connectivity index (χ0n) is 14.5. The number of hydrogen-bond acceptors (Lipinski definition) is 5. The van der Waals surface area contributed by atoms with Gasteiger partial charge in [0.25, 0.3) is 0 Å². The molecule has 6 heteroatoms.